The average molecular weight is 303 g/mol. The number of allylic oxidation sites excluding steroid dienone is 2. The Balaban J connectivity index is 2.31. The number of benzene rings is 1. The largest absolute Gasteiger partial charge is 0.481 e. The zero-order chi connectivity index (χ0) is 16.4. The zero-order valence-electron chi connectivity index (χ0n) is 13.2. The second kappa shape index (κ2) is 6.22. The van der Waals surface area contributed by atoms with E-state index in [4.69, 9.17) is 15.6 Å². The summed E-state index contributed by atoms with van der Waals surface area (Å²) in [5.41, 5.74) is 12.1. The van der Waals surface area contributed by atoms with Gasteiger partial charge >= 0.3 is 11.9 Å². The van der Waals surface area contributed by atoms with Gasteiger partial charge in [0.15, 0.2) is 0 Å². The first-order valence-corrected chi connectivity index (χ1v) is 7.27. The fourth-order valence-electron chi connectivity index (χ4n) is 2.72. The molecule has 2 rings (SSSR count). The van der Waals surface area contributed by atoms with Gasteiger partial charge < -0.3 is 15.6 Å². The van der Waals surface area contributed by atoms with Crippen molar-refractivity contribution in [3.05, 3.63) is 39.5 Å². The summed E-state index contributed by atoms with van der Waals surface area (Å²) in [4.78, 5) is 22.4. The monoisotopic (exact) mass is 303 g/mol. The van der Waals surface area contributed by atoms with Gasteiger partial charge in [-0.15, -0.1) is 0 Å². The Kier molecular flexibility index (Phi) is 4.54. The van der Waals surface area contributed by atoms with Crippen molar-refractivity contribution >= 4 is 17.6 Å². The van der Waals surface area contributed by atoms with Gasteiger partial charge in [-0.1, -0.05) is 11.6 Å². The number of anilines is 1. The molecule has 1 aliphatic rings. The minimum atomic E-state index is -0.806. The molecule has 0 aliphatic carbocycles. The molecule has 0 fully saturated rings. The number of esters is 1. The molecule has 5 nitrogen and oxygen atoms in total. The number of aliphatic carboxylic acids is 1. The van der Waals surface area contributed by atoms with Gasteiger partial charge in [0.1, 0.15) is 6.61 Å². The molecule has 0 bridgehead atoms. The van der Waals surface area contributed by atoms with E-state index in [0.29, 0.717) is 30.7 Å². The van der Waals surface area contributed by atoms with Crippen LogP contribution in [0.15, 0.2) is 11.6 Å². The minimum absolute atomic E-state index is 0.117. The predicted molar refractivity (Wildman–Crippen MR) is 83.8 cm³/mol. The van der Waals surface area contributed by atoms with E-state index in [1.165, 1.54) is 0 Å². The molecule has 22 heavy (non-hydrogen) atoms. The fraction of sp³-hybridized carbons (Fsp3) is 0.412. The van der Waals surface area contributed by atoms with Crippen molar-refractivity contribution in [3.8, 4) is 0 Å². The van der Waals surface area contributed by atoms with Gasteiger partial charge in [0.05, 0.1) is 11.3 Å². The van der Waals surface area contributed by atoms with Crippen LogP contribution in [-0.4, -0.2) is 17.0 Å². The lowest BCUT2D eigenvalue weighted by atomic mass is 9.90. The summed E-state index contributed by atoms with van der Waals surface area (Å²) >= 11 is 0. The molecule has 1 aliphatic heterocycles. The number of hydrogen-bond acceptors (Lipinski definition) is 4. The molecule has 0 radical (unpaired) electrons. The molecule has 0 aromatic heterocycles. The molecule has 1 aromatic carbocycles. The first kappa shape index (κ1) is 16.1. The summed E-state index contributed by atoms with van der Waals surface area (Å²) in [6, 6.07) is 0. The molecule has 1 heterocycles. The Bertz CT molecular complexity index is 674. The first-order valence-electron chi connectivity index (χ1n) is 7.27. The topological polar surface area (TPSA) is 89.6 Å². The lowest BCUT2D eigenvalue weighted by molar-refractivity contribution is -0.136. The average Bonchev–Trinajstić information content (AvgIpc) is 2.85. The molecule has 0 saturated heterocycles. The summed E-state index contributed by atoms with van der Waals surface area (Å²) < 4.78 is 5.09. The number of rotatable bonds is 5. The molecular weight excluding hydrogens is 282 g/mol. The number of fused-ring (bicyclic) bond motifs is 1. The SMILES string of the molecule is C/C(=C\Cc1c(C)c(C)c2c(c1N)C(=O)OC2)CCC(=O)O. The van der Waals surface area contributed by atoms with Crippen LogP contribution in [0.3, 0.4) is 0 Å². The maximum Gasteiger partial charge on any atom is 0.341 e. The molecule has 1 aromatic rings. The summed E-state index contributed by atoms with van der Waals surface area (Å²) in [6.45, 7) is 6.16. The number of carbonyl (C=O) groups excluding carboxylic acids is 1. The fourth-order valence-corrected chi connectivity index (χ4v) is 2.72. The maximum absolute atomic E-state index is 11.8. The van der Waals surface area contributed by atoms with Crippen molar-refractivity contribution in [1.82, 2.24) is 0 Å². The molecule has 0 amide bonds. The lowest BCUT2D eigenvalue weighted by Gasteiger charge is -2.15. The van der Waals surface area contributed by atoms with Gasteiger partial charge in [0.2, 0.25) is 0 Å². The predicted octanol–water partition coefficient (Wildman–Crippen LogP) is 2.91. The van der Waals surface area contributed by atoms with Crippen LogP contribution >= 0.6 is 0 Å². The van der Waals surface area contributed by atoms with E-state index in [1.807, 2.05) is 26.8 Å². The number of carboxylic acids is 1. The van der Waals surface area contributed by atoms with Gasteiger partial charge in [0.25, 0.3) is 0 Å². The van der Waals surface area contributed by atoms with E-state index >= 15 is 0 Å². The second-order valence-corrected chi connectivity index (χ2v) is 5.72. The molecular formula is C17H21NO4. The Labute approximate surface area is 129 Å². The highest BCUT2D eigenvalue weighted by molar-refractivity contribution is 6.00. The Hall–Kier alpha value is -2.30. The van der Waals surface area contributed by atoms with Crippen LogP contribution in [0.1, 0.15) is 52.4 Å². The lowest BCUT2D eigenvalue weighted by Crippen LogP contribution is -2.08. The van der Waals surface area contributed by atoms with Crippen LogP contribution in [0.5, 0.6) is 0 Å². The molecule has 118 valence electrons. The molecule has 0 unspecified atom stereocenters. The summed E-state index contributed by atoms with van der Waals surface area (Å²) in [5, 5.41) is 8.71. The number of ether oxygens (including phenoxy) is 1. The smallest absolute Gasteiger partial charge is 0.341 e. The number of cyclic esters (lactones) is 1. The van der Waals surface area contributed by atoms with Gasteiger partial charge in [-0.2, -0.15) is 0 Å². The summed E-state index contributed by atoms with van der Waals surface area (Å²) in [7, 11) is 0. The van der Waals surface area contributed by atoms with Gasteiger partial charge in [-0.3, -0.25) is 4.79 Å². The van der Waals surface area contributed by atoms with Crippen LogP contribution in [0.25, 0.3) is 0 Å². The van der Waals surface area contributed by atoms with Crippen LogP contribution in [0.4, 0.5) is 5.69 Å². The van der Waals surface area contributed by atoms with Gasteiger partial charge in [-0.05, 0) is 50.3 Å². The standard InChI is InChI=1S/C17H21NO4/c1-9(5-7-14(19)20)4-6-12-10(2)11(3)13-8-22-17(21)15(13)16(12)18/h4H,5-8,18H2,1-3H3,(H,19,20)/b9-4+. The summed E-state index contributed by atoms with van der Waals surface area (Å²) in [5.74, 6) is -1.16. The summed E-state index contributed by atoms with van der Waals surface area (Å²) in [6.07, 6.45) is 3.20. The highest BCUT2D eigenvalue weighted by atomic mass is 16.5. The van der Waals surface area contributed by atoms with Crippen LogP contribution in [0, 0.1) is 13.8 Å². The quantitative estimate of drug-likeness (QED) is 0.496. The van der Waals surface area contributed by atoms with E-state index in [0.717, 1.165) is 27.8 Å². The number of nitrogens with two attached hydrogens (primary N) is 1. The Morgan fingerprint density at radius 1 is 1.32 bits per heavy atom. The van der Waals surface area contributed by atoms with Crippen molar-refractivity contribution < 1.29 is 19.4 Å². The van der Waals surface area contributed by atoms with Crippen molar-refractivity contribution in [2.75, 3.05) is 5.73 Å². The second-order valence-electron chi connectivity index (χ2n) is 5.72. The highest BCUT2D eigenvalue weighted by Crippen LogP contribution is 2.35. The molecule has 0 spiro atoms. The van der Waals surface area contributed by atoms with Crippen molar-refractivity contribution in [2.45, 2.75) is 46.6 Å². The third-order valence-corrected chi connectivity index (χ3v) is 4.30. The number of hydrogen-bond donors (Lipinski definition) is 2. The molecule has 0 saturated carbocycles. The number of nitrogen functional groups attached to an aromatic ring is 1. The Morgan fingerprint density at radius 3 is 2.64 bits per heavy atom. The van der Waals surface area contributed by atoms with E-state index in [1.54, 1.807) is 0 Å². The van der Waals surface area contributed by atoms with E-state index in [-0.39, 0.29) is 12.4 Å². The van der Waals surface area contributed by atoms with Crippen molar-refractivity contribution in [1.29, 1.82) is 0 Å². The first-order chi connectivity index (χ1) is 10.3. The third-order valence-electron chi connectivity index (χ3n) is 4.30. The van der Waals surface area contributed by atoms with Gasteiger partial charge in [0, 0.05) is 12.0 Å². The Morgan fingerprint density at radius 2 is 2.00 bits per heavy atom. The third kappa shape index (κ3) is 2.98. The number of carboxylic acid groups (broad SMARTS) is 1. The van der Waals surface area contributed by atoms with Crippen molar-refractivity contribution in [3.63, 3.8) is 0 Å². The van der Waals surface area contributed by atoms with Crippen LogP contribution < -0.4 is 5.73 Å². The number of carbonyl (C=O) groups is 2. The van der Waals surface area contributed by atoms with Crippen LogP contribution in [-0.2, 0) is 22.6 Å². The molecule has 3 N–H and O–H groups in total. The van der Waals surface area contributed by atoms with Crippen molar-refractivity contribution in [2.24, 2.45) is 0 Å². The molecule has 5 heteroatoms. The minimum Gasteiger partial charge on any atom is -0.481 e. The highest BCUT2D eigenvalue weighted by Gasteiger charge is 2.28. The van der Waals surface area contributed by atoms with E-state index in [9.17, 15) is 9.59 Å². The van der Waals surface area contributed by atoms with Gasteiger partial charge in [-0.25, -0.2) is 4.79 Å². The van der Waals surface area contributed by atoms with E-state index < -0.39 is 5.97 Å². The van der Waals surface area contributed by atoms with E-state index in [2.05, 4.69) is 0 Å². The zero-order valence-corrected chi connectivity index (χ0v) is 13.2. The molecule has 0 atom stereocenters. The normalized spacial score (nSPS) is 14.0. The van der Waals surface area contributed by atoms with Crippen LogP contribution in [0.2, 0.25) is 0 Å². The maximum atomic E-state index is 11.8.